The molecule has 100 valence electrons. The minimum Gasteiger partial charge on any atom is -0.394 e. The summed E-state index contributed by atoms with van der Waals surface area (Å²) in [7, 11) is 0. The molecule has 2 N–H and O–H groups in total. The van der Waals surface area contributed by atoms with E-state index in [0.717, 1.165) is 5.56 Å². The second kappa shape index (κ2) is 7.34. The molecule has 0 bridgehead atoms. The van der Waals surface area contributed by atoms with E-state index in [1.807, 2.05) is 26.0 Å². The van der Waals surface area contributed by atoms with E-state index in [-0.39, 0.29) is 24.5 Å². The van der Waals surface area contributed by atoms with Crippen molar-refractivity contribution in [2.24, 2.45) is 5.92 Å². The van der Waals surface area contributed by atoms with Gasteiger partial charge in [0.25, 0.3) is 0 Å². The zero-order valence-corrected chi connectivity index (χ0v) is 11.1. The lowest BCUT2D eigenvalue weighted by molar-refractivity contribution is -0.117. The van der Waals surface area contributed by atoms with Gasteiger partial charge in [0, 0.05) is 6.08 Å². The van der Waals surface area contributed by atoms with E-state index in [4.69, 9.17) is 10.4 Å². The Kier molecular flexibility index (Phi) is 5.77. The Morgan fingerprint density at radius 1 is 1.53 bits per heavy atom. The van der Waals surface area contributed by atoms with Crippen molar-refractivity contribution < 1.29 is 9.90 Å². The van der Waals surface area contributed by atoms with Crippen LogP contribution in [0.3, 0.4) is 0 Å². The van der Waals surface area contributed by atoms with E-state index in [0.29, 0.717) is 5.56 Å². The molecule has 1 atom stereocenters. The van der Waals surface area contributed by atoms with E-state index >= 15 is 0 Å². The van der Waals surface area contributed by atoms with Gasteiger partial charge in [-0.1, -0.05) is 26.0 Å². The molecule has 0 unspecified atom stereocenters. The predicted molar refractivity (Wildman–Crippen MR) is 74.0 cm³/mol. The molecule has 0 aromatic heterocycles. The molecule has 1 aromatic carbocycles. The van der Waals surface area contributed by atoms with Gasteiger partial charge >= 0.3 is 0 Å². The molecule has 0 saturated heterocycles. The van der Waals surface area contributed by atoms with Gasteiger partial charge in [0.1, 0.15) is 0 Å². The number of hydrogen-bond acceptors (Lipinski definition) is 3. The number of amides is 1. The maximum Gasteiger partial charge on any atom is 0.244 e. The summed E-state index contributed by atoms with van der Waals surface area (Å²) in [5, 5.41) is 20.6. The summed E-state index contributed by atoms with van der Waals surface area (Å²) in [6.45, 7) is 3.78. The number of aliphatic hydroxyl groups is 1. The summed E-state index contributed by atoms with van der Waals surface area (Å²) in [5.74, 6) is -0.0839. The van der Waals surface area contributed by atoms with Crippen molar-refractivity contribution in [2.45, 2.75) is 19.9 Å². The van der Waals surface area contributed by atoms with Crippen molar-refractivity contribution >= 4 is 12.0 Å². The van der Waals surface area contributed by atoms with Crippen molar-refractivity contribution in [3.8, 4) is 6.07 Å². The van der Waals surface area contributed by atoms with E-state index in [2.05, 4.69) is 5.32 Å². The molecule has 0 aliphatic carbocycles. The molecule has 0 fully saturated rings. The normalized spacial score (nSPS) is 12.4. The maximum atomic E-state index is 11.7. The Morgan fingerprint density at radius 3 is 2.84 bits per heavy atom. The van der Waals surface area contributed by atoms with Gasteiger partial charge in [0.15, 0.2) is 0 Å². The first-order valence-corrected chi connectivity index (χ1v) is 6.16. The lowest BCUT2D eigenvalue weighted by atomic mass is 10.1. The Balaban J connectivity index is 2.65. The SMILES string of the molecule is CC(C)[C@@H](CO)NC(=O)C=Cc1cccc(C#N)c1. The zero-order valence-electron chi connectivity index (χ0n) is 11.1. The topological polar surface area (TPSA) is 73.1 Å². The van der Waals surface area contributed by atoms with Gasteiger partial charge in [-0.15, -0.1) is 0 Å². The molecular formula is C15H18N2O2. The molecule has 1 aromatic rings. The Bertz CT molecular complexity index is 501. The number of nitriles is 1. The summed E-state index contributed by atoms with van der Waals surface area (Å²) in [5.41, 5.74) is 1.34. The number of carbonyl (C=O) groups excluding carboxylic acids is 1. The van der Waals surface area contributed by atoms with E-state index in [1.165, 1.54) is 6.08 Å². The molecule has 4 nitrogen and oxygen atoms in total. The predicted octanol–water partition coefficient (Wildman–Crippen LogP) is 1.70. The monoisotopic (exact) mass is 258 g/mol. The van der Waals surface area contributed by atoms with Crippen LogP contribution in [0.5, 0.6) is 0 Å². The molecule has 0 heterocycles. The standard InChI is InChI=1S/C15H18N2O2/c1-11(2)14(10-18)17-15(19)7-6-12-4-3-5-13(8-12)9-16/h3-8,11,14,18H,10H2,1-2H3,(H,17,19)/t14-/m1/s1. The summed E-state index contributed by atoms with van der Waals surface area (Å²) in [4.78, 5) is 11.7. The summed E-state index contributed by atoms with van der Waals surface area (Å²) in [6, 6.07) is 8.79. The highest BCUT2D eigenvalue weighted by molar-refractivity contribution is 5.91. The Morgan fingerprint density at radius 2 is 2.26 bits per heavy atom. The number of rotatable bonds is 5. The van der Waals surface area contributed by atoms with Crippen LogP contribution < -0.4 is 5.32 Å². The molecule has 0 aliphatic heterocycles. The van der Waals surface area contributed by atoms with Crippen LogP contribution in [0.1, 0.15) is 25.0 Å². The Hall–Kier alpha value is -2.12. The van der Waals surface area contributed by atoms with E-state index in [9.17, 15) is 4.79 Å². The largest absolute Gasteiger partial charge is 0.394 e. The fourth-order valence-electron chi connectivity index (χ4n) is 1.54. The van der Waals surface area contributed by atoms with Crippen LogP contribution in [-0.4, -0.2) is 23.7 Å². The van der Waals surface area contributed by atoms with Gasteiger partial charge in [0.05, 0.1) is 24.3 Å². The number of benzene rings is 1. The highest BCUT2D eigenvalue weighted by Crippen LogP contribution is 2.06. The van der Waals surface area contributed by atoms with Crippen LogP contribution in [0, 0.1) is 17.2 Å². The van der Waals surface area contributed by atoms with Crippen LogP contribution in [0.25, 0.3) is 6.08 Å². The molecule has 1 amide bonds. The van der Waals surface area contributed by atoms with E-state index in [1.54, 1.807) is 24.3 Å². The van der Waals surface area contributed by atoms with Gasteiger partial charge in [-0.05, 0) is 29.7 Å². The fraction of sp³-hybridized carbons (Fsp3) is 0.333. The van der Waals surface area contributed by atoms with Gasteiger partial charge in [0.2, 0.25) is 5.91 Å². The number of nitrogens with zero attached hydrogens (tertiary/aromatic N) is 1. The summed E-state index contributed by atoms with van der Waals surface area (Å²) in [6.07, 6.45) is 3.05. The van der Waals surface area contributed by atoms with Gasteiger partial charge in [-0.3, -0.25) is 4.79 Å². The molecule has 0 radical (unpaired) electrons. The van der Waals surface area contributed by atoms with Crippen molar-refractivity contribution in [1.29, 1.82) is 5.26 Å². The summed E-state index contributed by atoms with van der Waals surface area (Å²) >= 11 is 0. The van der Waals surface area contributed by atoms with Crippen LogP contribution in [-0.2, 0) is 4.79 Å². The highest BCUT2D eigenvalue weighted by Gasteiger charge is 2.13. The third-order valence-corrected chi connectivity index (χ3v) is 2.77. The highest BCUT2D eigenvalue weighted by atomic mass is 16.3. The van der Waals surface area contributed by atoms with Crippen LogP contribution in [0.4, 0.5) is 0 Å². The van der Waals surface area contributed by atoms with E-state index < -0.39 is 0 Å². The number of hydrogen-bond donors (Lipinski definition) is 2. The molecule has 0 spiro atoms. The van der Waals surface area contributed by atoms with Crippen molar-refractivity contribution in [3.63, 3.8) is 0 Å². The van der Waals surface area contributed by atoms with Crippen molar-refractivity contribution in [1.82, 2.24) is 5.32 Å². The minimum atomic E-state index is -0.255. The van der Waals surface area contributed by atoms with Crippen molar-refractivity contribution in [2.75, 3.05) is 6.61 Å². The average Bonchev–Trinajstić information content (AvgIpc) is 2.42. The van der Waals surface area contributed by atoms with Gasteiger partial charge in [-0.2, -0.15) is 5.26 Å². The third-order valence-electron chi connectivity index (χ3n) is 2.77. The van der Waals surface area contributed by atoms with Gasteiger partial charge in [-0.25, -0.2) is 0 Å². The fourth-order valence-corrected chi connectivity index (χ4v) is 1.54. The lowest BCUT2D eigenvalue weighted by Gasteiger charge is -2.18. The lowest BCUT2D eigenvalue weighted by Crippen LogP contribution is -2.40. The molecule has 1 rings (SSSR count). The summed E-state index contributed by atoms with van der Waals surface area (Å²) < 4.78 is 0. The zero-order chi connectivity index (χ0) is 14.3. The average molecular weight is 258 g/mol. The Labute approximate surface area is 113 Å². The molecule has 4 heteroatoms. The smallest absolute Gasteiger partial charge is 0.244 e. The minimum absolute atomic E-state index is 0.0822. The first-order chi connectivity index (χ1) is 9.06. The molecular weight excluding hydrogens is 240 g/mol. The number of nitrogens with one attached hydrogen (secondary N) is 1. The second-order valence-corrected chi connectivity index (χ2v) is 4.61. The maximum absolute atomic E-state index is 11.7. The van der Waals surface area contributed by atoms with Crippen LogP contribution in [0.15, 0.2) is 30.3 Å². The number of aliphatic hydroxyl groups excluding tert-OH is 1. The van der Waals surface area contributed by atoms with Crippen LogP contribution in [0.2, 0.25) is 0 Å². The quantitative estimate of drug-likeness (QED) is 0.789. The number of carbonyl (C=O) groups is 1. The third kappa shape index (κ3) is 4.94. The second-order valence-electron chi connectivity index (χ2n) is 4.61. The molecule has 0 saturated carbocycles. The molecule has 19 heavy (non-hydrogen) atoms. The first-order valence-electron chi connectivity index (χ1n) is 6.16. The van der Waals surface area contributed by atoms with Crippen molar-refractivity contribution in [3.05, 3.63) is 41.5 Å². The van der Waals surface area contributed by atoms with Crippen LogP contribution >= 0.6 is 0 Å². The van der Waals surface area contributed by atoms with Gasteiger partial charge < -0.3 is 10.4 Å². The molecule has 0 aliphatic rings. The first kappa shape index (κ1) is 14.9.